The molecule has 0 saturated heterocycles. The fourth-order valence-corrected chi connectivity index (χ4v) is 6.01. The second-order valence-corrected chi connectivity index (χ2v) is 11.5. The first-order valence-electron chi connectivity index (χ1n) is 9.57. The van der Waals surface area contributed by atoms with Crippen LogP contribution in [0.4, 0.5) is 0 Å². The maximum absolute atomic E-state index is 12.6. The summed E-state index contributed by atoms with van der Waals surface area (Å²) in [7, 11) is -7.59. The van der Waals surface area contributed by atoms with Crippen molar-refractivity contribution in [2.24, 2.45) is 0 Å². The first-order chi connectivity index (χ1) is 15.1. The summed E-state index contributed by atoms with van der Waals surface area (Å²) in [5, 5.41) is 8.28. The van der Waals surface area contributed by atoms with E-state index in [9.17, 15) is 21.6 Å². The van der Waals surface area contributed by atoms with Crippen molar-refractivity contribution in [3.8, 4) is 0 Å². The molecule has 1 heterocycles. The maximum atomic E-state index is 12.6. The molecule has 0 bridgehead atoms. The molecule has 1 aromatic heterocycles. The minimum absolute atomic E-state index is 0.00780. The monoisotopic (exact) mass is 494 g/mol. The Labute approximate surface area is 191 Å². The number of aryl methyl sites for hydroxylation is 1. The van der Waals surface area contributed by atoms with E-state index >= 15 is 0 Å². The van der Waals surface area contributed by atoms with Crippen molar-refractivity contribution in [1.29, 1.82) is 0 Å². The van der Waals surface area contributed by atoms with Crippen LogP contribution >= 0.6 is 11.8 Å². The third-order valence-corrected chi connectivity index (χ3v) is 8.43. The molecule has 2 aromatic carbocycles. The van der Waals surface area contributed by atoms with Gasteiger partial charge in [-0.05, 0) is 38.1 Å². The summed E-state index contributed by atoms with van der Waals surface area (Å²) < 4.78 is 53.6. The highest BCUT2D eigenvalue weighted by atomic mass is 32.2. The van der Waals surface area contributed by atoms with E-state index in [0.29, 0.717) is 11.7 Å². The molecule has 9 nitrogen and oxygen atoms in total. The Morgan fingerprint density at radius 2 is 1.62 bits per heavy atom. The van der Waals surface area contributed by atoms with Gasteiger partial charge in [0.1, 0.15) is 11.6 Å². The van der Waals surface area contributed by atoms with E-state index in [-0.39, 0.29) is 27.1 Å². The number of sulfonamides is 1. The fourth-order valence-electron chi connectivity index (χ4n) is 2.82. The standard InChI is InChI=1S/C20H22N4O5S3/c1-3-24-18(14-31(26,27)16-7-5-4-6-8-16)21-22-20(24)30-13-19(25)23-32(28,29)17-11-9-15(2)10-12-17/h4-12H,3,13-14H2,1-2H3,(H,23,25). The number of hydrogen-bond donors (Lipinski definition) is 1. The van der Waals surface area contributed by atoms with Crippen LogP contribution in [0.25, 0.3) is 0 Å². The Morgan fingerprint density at radius 3 is 2.25 bits per heavy atom. The second-order valence-electron chi connectivity index (χ2n) is 6.85. The average molecular weight is 495 g/mol. The van der Waals surface area contributed by atoms with E-state index in [1.165, 1.54) is 24.3 Å². The Hall–Kier alpha value is -2.70. The lowest BCUT2D eigenvalue weighted by atomic mass is 10.2. The quantitative estimate of drug-likeness (QED) is 0.448. The highest BCUT2D eigenvalue weighted by Gasteiger charge is 2.22. The third-order valence-electron chi connectivity index (χ3n) is 4.44. The highest BCUT2D eigenvalue weighted by Crippen LogP contribution is 2.21. The number of aromatic nitrogens is 3. The van der Waals surface area contributed by atoms with Gasteiger partial charge in [-0.1, -0.05) is 47.7 Å². The zero-order valence-corrected chi connectivity index (χ0v) is 19.9. The van der Waals surface area contributed by atoms with Crippen LogP contribution in [-0.2, 0) is 37.0 Å². The Morgan fingerprint density at radius 1 is 0.969 bits per heavy atom. The summed E-state index contributed by atoms with van der Waals surface area (Å²) in [6, 6.07) is 14.2. The predicted octanol–water partition coefficient (Wildman–Crippen LogP) is 2.18. The van der Waals surface area contributed by atoms with Gasteiger partial charge in [-0.3, -0.25) is 4.79 Å². The van der Waals surface area contributed by atoms with Gasteiger partial charge in [0, 0.05) is 6.54 Å². The summed E-state index contributed by atoms with van der Waals surface area (Å²) in [6.45, 7) is 4.01. The largest absolute Gasteiger partial charge is 0.305 e. The molecule has 0 saturated carbocycles. The number of carbonyl (C=O) groups is 1. The summed E-state index contributed by atoms with van der Waals surface area (Å²) >= 11 is 0.979. The number of carbonyl (C=O) groups excluding carboxylic acids is 1. The molecule has 12 heteroatoms. The van der Waals surface area contributed by atoms with Crippen LogP contribution in [0.5, 0.6) is 0 Å². The molecule has 0 atom stereocenters. The zero-order chi connectivity index (χ0) is 23.4. The number of benzene rings is 2. The van der Waals surface area contributed by atoms with Crippen LogP contribution in [0, 0.1) is 6.92 Å². The topological polar surface area (TPSA) is 128 Å². The highest BCUT2D eigenvalue weighted by molar-refractivity contribution is 8.00. The molecule has 170 valence electrons. The van der Waals surface area contributed by atoms with Crippen LogP contribution in [-0.4, -0.2) is 43.3 Å². The molecule has 0 aliphatic heterocycles. The van der Waals surface area contributed by atoms with Gasteiger partial charge in [-0.25, -0.2) is 21.6 Å². The van der Waals surface area contributed by atoms with Crippen molar-refractivity contribution in [3.05, 3.63) is 66.0 Å². The Balaban J connectivity index is 1.67. The average Bonchev–Trinajstić information content (AvgIpc) is 3.13. The molecule has 1 N–H and O–H groups in total. The first-order valence-corrected chi connectivity index (χ1v) is 13.7. The van der Waals surface area contributed by atoms with Gasteiger partial charge in [0.05, 0.1) is 15.5 Å². The fraction of sp³-hybridized carbons (Fsp3) is 0.250. The minimum Gasteiger partial charge on any atom is -0.305 e. The lowest BCUT2D eigenvalue weighted by Gasteiger charge is -2.09. The summed E-state index contributed by atoms with van der Waals surface area (Å²) in [5.41, 5.74) is 0.898. The molecule has 32 heavy (non-hydrogen) atoms. The van der Waals surface area contributed by atoms with Gasteiger partial charge in [-0.2, -0.15) is 0 Å². The van der Waals surface area contributed by atoms with Gasteiger partial charge in [0.2, 0.25) is 5.91 Å². The van der Waals surface area contributed by atoms with Gasteiger partial charge in [0.25, 0.3) is 10.0 Å². The van der Waals surface area contributed by atoms with Crippen LogP contribution in [0.2, 0.25) is 0 Å². The van der Waals surface area contributed by atoms with Gasteiger partial charge >= 0.3 is 0 Å². The summed E-state index contributed by atoms with van der Waals surface area (Å²) in [5.74, 6) is -1.05. The zero-order valence-electron chi connectivity index (χ0n) is 17.4. The van der Waals surface area contributed by atoms with Crippen LogP contribution in [0.15, 0.2) is 69.5 Å². The Bertz CT molecular complexity index is 1300. The van der Waals surface area contributed by atoms with Crippen molar-refractivity contribution >= 4 is 37.5 Å². The van der Waals surface area contributed by atoms with Gasteiger partial charge < -0.3 is 4.57 Å². The summed E-state index contributed by atoms with van der Waals surface area (Å²) in [6.07, 6.45) is 0. The smallest absolute Gasteiger partial charge is 0.264 e. The number of rotatable bonds is 9. The van der Waals surface area contributed by atoms with Crippen molar-refractivity contribution in [2.45, 2.75) is 41.1 Å². The van der Waals surface area contributed by atoms with Crippen LogP contribution in [0.1, 0.15) is 18.3 Å². The molecule has 3 rings (SSSR count). The molecule has 0 spiro atoms. The van der Waals surface area contributed by atoms with E-state index in [1.54, 1.807) is 41.8 Å². The SMILES string of the molecule is CCn1c(CS(=O)(=O)c2ccccc2)nnc1SCC(=O)NS(=O)(=O)c1ccc(C)cc1. The third kappa shape index (κ3) is 5.75. The van der Waals surface area contributed by atoms with Gasteiger partial charge in [-0.15, -0.1) is 10.2 Å². The Kier molecular flexibility index (Phi) is 7.36. The number of sulfone groups is 1. The van der Waals surface area contributed by atoms with E-state index in [1.807, 2.05) is 11.6 Å². The lowest BCUT2D eigenvalue weighted by molar-refractivity contribution is -0.116. The molecular formula is C20H22N4O5S3. The van der Waals surface area contributed by atoms with Crippen molar-refractivity contribution in [2.75, 3.05) is 5.75 Å². The number of nitrogens with zero attached hydrogens (tertiary/aromatic N) is 3. The predicted molar refractivity (Wildman–Crippen MR) is 120 cm³/mol. The summed E-state index contributed by atoms with van der Waals surface area (Å²) in [4.78, 5) is 12.4. The lowest BCUT2D eigenvalue weighted by Crippen LogP contribution is -2.32. The molecule has 1 amide bonds. The van der Waals surface area contributed by atoms with E-state index in [4.69, 9.17) is 0 Å². The van der Waals surface area contributed by atoms with Crippen molar-refractivity contribution < 1.29 is 21.6 Å². The van der Waals surface area contributed by atoms with Crippen molar-refractivity contribution in [3.63, 3.8) is 0 Å². The van der Waals surface area contributed by atoms with E-state index in [2.05, 4.69) is 10.2 Å². The molecule has 0 fully saturated rings. The molecule has 0 aliphatic rings. The molecule has 0 aliphatic carbocycles. The molecule has 0 unspecified atom stereocenters. The second kappa shape index (κ2) is 9.84. The number of nitrogens with one attached hydrogen (secondary N) is 1. The van der Waals surface area contributed by atoms with E-state index in [0.717, 1.165) is 17.3 Å². The molecule has 0 radical (unpaired) electrons. The minimum atomic E-state index is -3.98. The van der Waals surface area contributed by atoms with Gasteiger partial charge in [0.15, 0.2) is 15.0 Å². The molecule has 3 aromatic rings. The first kappa shape index (κ1) is 24.0. The maximum Gasteiger partial charge on any atom is 0.264 e. The van der Waals surface area contributed by atoms with Crippen LogP contribution < -0.4 is 4.72 Å². The number of thioether (sulfide) groups is 1. The van der Waals surface area contributed by atoms with E-state index < -0.39 is 25.8 Å². The van der Waals surface area contributed by atoms with Crippen molar-refractivity contribution in [1.82, 2.24) is 19.5 Å². The number of hydrogen-bond acceptors (Lipinski definition) is 8. The normalized spacial score (nSPS) is 11.9. The molecular weight excluding hydrogens is 472 g/mol. The van der Waals surface area contributed by atoms with Crippen LogP contribution in [0.3, 0.4) is 0 Å². The number of amides is 1.